The van der Waals surface area contributed by atoms with Crippen LogP contribution in [0.5, 0.6) is 17.2 Å². The maximum Gasteiger partial charge on any atom is 0.255 e. The van der Waals surface area contributed by atoms with Crippen molar-refractivity contribution in [3.05, 3.63) is 65.6 Å². The number of fused-ring (bicyclic) bond motifs is 2. The van der Waals surface area contributed by atoms with E-state index in [0.29, 0.717) is 35.8 Å². The minimum absolute atomic E-state index is 0.206. The first-order chi connectivity index (χ1) is 16.0. The van der Waals surface area contributed by atoms with Crippen LogP contribution in [0.3, 0.4) is 0 Å². The van der Waals surface area contributed by atoms with Crippen molar-refractivity contribution >= 4 is 27.6 Å². The summed E-state index contributed by atoms with van der Waals surface area (Å²) < 4.78 is 21.9. The molecule has 2 aromatic heterocycles. The molecule has 0 aliphatic rings. The molecule has 0 saturated heterocycles. The van der Waals surface area contributed by atoms with Gasteiger partial charge in [0.25, 0.3) is 5.91 Å². The quantitative estimate of drug-likeness (QED) is 0.419. The molecule has 8 heteroatoms. The van der Waals surface area contributed by atoms with Crippen molar-refractivity contribution in [2.75, 3.05) is 27.9 Å². The molecule has 4 aromatic rings. The van der Waals surface area contributed by atoms with Gasteiger partial charge in [-0.2, -0.15) is 0 Å². The smallest absolute Gasteiger partial charge is 0.255 e. The summed E-state index contributed by atoms with van der Waals surface area (Å²) in [6.07, 6.45) is 2.37. The number of pyridine rings is 2. The Morgan fingerprint density at radius 3 is 2.42 bits per heavy atom. The van der Waals surface area contributed by atoms with E-state index in [9.17, 15) is 4.79 Å². The van der Waals surface area contributed by atoms with Crippen molar-refractivity contribution in [1.29, 1.82) is 0 Å². The minimum atomic E-state index is -0.541. The van der Waals surface area contributed by atoms with Gasteiger partial charge in [-0.15, -0.1) is 0 Å². The Morgan fingerprint density at radius 2 is 1.73 bits per heavy atom. The van der Waals surface area contributed by atoms with E-state index in [4.69, 9.17) is 29.7 Å². The molecule has 2 N–H and O–H groups in total. The second-order valence-corrected chi connectivity index (χ2v) is 7.48. The number of nitrogens with two attached hydrogens (primary N) is 1. The average molecular weight is 447 g/mol. The lowest BCUT2D eigenvalue weighted by Gasteiger charge is -2.15. The van der Waals surface area contributed by atoms with Gasteiger partial charge in [-0.25, -0.2) is 4.98 Å². The van der Waals surface area contributed by atoms with E-state index in [-0.39, 0.29) is 6.61 Å². The molecule has 33 heavy (non-hydrogen) atoms. The van der Waals surface area contributed by atoms with Crippen LogP contribution in [0.25, 0.3) is 21.7 Å². The molecule has 0 atom stereocenters. The van der Waals surface area contributed by atoms with Crippen molar-refractivity contribution in [3.63, 3.8) is 0 Å². The van der Waals surface area contributed by atoms with Crippen LogP contribution < -0.4 is 19.9 Å². The molecule has 0 spiro atoms. The molecule has 0 aliphatic carbocycles. The third kappa shape index (κ3) is 4.65. The Labute approximate surface area is 191 Å². The number of hydrogen-bond donors (Lipinski definition) is 1. The molecule has 0 bridgehead atoms. The van der Waals surface area contributed by atoms with Crippen molar-refractivity contribution in [2.45, 2.75) is 13.0 Å². The molecule has 0 unspecified atom stereocenters. The third-order valence-electron chi connectivity index (χ3n) is 5.32. The van der Waals surface area contributed by atoms with Crippen LogP contribution in [-0.2, 0) is 22.6 Å². The van der Waals surface area contributed by atoms with Gasteiger partial charge in [-0.1, -0.05) is 18.2 Å². The summed E-state index contributed by atoms with van der Waals surface area (Å²) in [6.45, 7) is 0.170. The van der Waals surface area contributed by atoms with Crippen LogP contribution in [-0.4, -0.2) is 43.8 Å². The number of aromatic nitrogens is 2. The highest BCUT2D eigenvalue weighted by Crippen LogP contribution is 2.35. The average Bonchev–Trinajstić information content (AvgIpc) is 2.83. The van der Waals surface area contributed by atoms with E-state index >= 15 is 0 Å². The predicted molar refractivity (Wildman–Crippen MR) is 125 cm³/mol. The van der Waals surface area contributed by atoms with Gasteiger partial charge >= 0.3 is 0 Å². The molecule has 0 radical (unpaired) electrons. The van der Waals surface area contributed by atoms with E-state index in [1.807, 2.05) is 42.6 Å². The first-order valence-electron chi connectivity index (χ1n) is 10.3. The van der Waals surface area contributed by atoms with Crippen LogP contribution in [0.2, 0.25) is 0 Å². The Kier molecular flexibility index (Phi) is 6.55. The van der Waals surface area contributed by atoms with Crippen LogP contribution in [0.15, 0.2) is 48.7 Å². The number of rotatable bonds is 9. The zero-order chi connectivity index (χ0) is 23.4. The molecule has 0 aliphatic heterocycles. The number of nitrogens with zero attached hydrogens (tertiary/aromatic N) is 2. The van der Waals surface area contributed by atoms with E-state index < -0.39 is 5.91 Å². The minimum Gasteiger partial charge on any atom is -0.493 e. The first-order valence-corrected chi connectivity index (χ1v) is 10.3. The van der Waals surface area contributed by atoms with Gasteiger partial charge in [0, 0.05) is 36.2 Å². The molecule has 4 rings (SSSR count). The molecular formula is C25H25N3O5. The van der Waals surface area contributed by atoms with Crippen molar-refractivity contribution in [3.8, 4) is 17.2 Å². The monoisotopic (exact) mass is 447 g/mol. The lowest BCUT2D eigenvalue weighted by atomic mass is 10.00. The molecule has 1 amide bonds. The molecule has 0 saturated carbocycles. The highest BCUT2D eigenvalue weighted by atomic mass is 16.5. The Bertz CT molecular complexity index is 1320. The van der Waals surface area contributed by atoms with Crippen LogP contribution in [0.1, 0.15) is 17.0 Å². The highest BCUT2D eigenvalue weighted by molar-refractivity contribution is 5.91. The summed E-state index contributed by atoms with van der Waals surface area (Å²) in [4.78, 5) is 20.6. The summed E-state index contributed by atoms with van der Waals surface area (Å²) in [5, 5.41) is 2.82. The number of carbonyl (C=O) groups excluding carboxylic acids is 1. The van der Waals surface area contributed by atoms with Gasteiger partial charge in [0.15, 0.2) is 18.1 Å². The maximum atomic E-state index is 11.2. The third-order valence-corrected chi connectivity index (χ3v) is 5.32. The SMILES string of the molecule is COCc1ncc(Cc2ccc3cccc(OCC(N)=O)c3n2)c2cc(OC)c(OC)cc12. The topological polar surface area (TPSA) is 106 Å². The van der Waals surface area contributed by atoms with Gasteiger partial charge in [0.05, 0.1) is 26.5 Å². The van der Waals surface area contributed by atoms with Crippen molar-refractivity contribution in [2.24, 2.45) is 5.73 Å². The molecule has 2 aromatic carbocycles. The number of amides is 1. The fourth-order valence-electron chi connectivity index (χ4n) is 3.79. The number of benzene rings is 2. The van der Waals surface area contributed by atoms with Gasteiger partial charge < -0.3 is 24.7 Å². The zero-order valence-corrected chi connectivity index (χ0v) is 18.8. The number of hydrogen-bond acceptors (Lipinski definition) is 7. The lowest BCUT2D eigenvalue weighted by Crippen LogP contribution is -2.20. The fourth-order valence-corrected chi connectivity index (χ4v) is 3.79. The predicted octanol–water partition coefficient (Wildman–Crippen LogP) is 3.40. The van der Waals surface area contributed by atoms with Gasteiger partial charge in [0.1, 0.15) is 11.3 Å². The first kappa shape index (κ1) is 22.3. The van der Waals surface area contributed by atoms with Gasteiger partial charge in [0.2, 0.25) is 0 Å². The van der Waals surface area contributed by atoms with Crippen LogP contribution in [0.4, 0.5) is 0 Å². The van der Waals surface area contributed by atoms with Crippen LogP contribution in [0, 0.1) is 0 Å². The number of para-hydroxylation sites is 1. The fraction of sp³-hybridized carbons (Fsp3) is 0.240. The van der Waals surface area contributed by atoms with E-state index in [1.54, 1.807) is 27.4 Å². The largest absolute Gasteiger partial charge is 0.493 e. The number of carbonyl (C=O) groups is 1. The molecule has 2 heterocycles. The summed E-state index contributed by atoms with van der Waals surface area (Å²) >= 11 is 0. The Balaban J connectivity index is 1.79. The summed E-state index contributed by atoms with van der Waals surface area (Å²) in [5.74, 6) is 1.23. The maximum absolute atomic E-state index is 11.2. The second kappa shape index (κ2) is 9.70. The van der Waals surface area contributed by atoms with Crippen LogP contribution >= 0.6 is 0 Å². The summed E-state index contributed by atoms with van der Waals surface area (Å²) in [6, 6.07) is 13.4. The second-order valence-electron chi connectivity index (χ2n) is 7.48. The summed E-state index contributed by atoms with van der Waals surface area (Å²) in [7, 11) is 4.85. The number of primary amides is 1. The number of methoxy groups -OCH3 is 3. The molecule has 170 valence electrons. The molecule has 8 nitrogen and oxygen atoms in total. The highest BCUT2D eigenvalue weighted by Gasteiger charge is 2.15. The molecule has 0 fully saturated rings. The van der Waals surface area contributed by atoms with E-state index in [0.717, 1.165) is 33.1 Å². The molecular weight excluding hydrogens is 422 g/mol. The van der Waals surface area contributed by atoms with Crippen molar-refractivity contribution < 1.29 is 23.7 Å². The summed E-state index contributed by atoms with van der Waals surface area (Å²) in [5.41, 5.74) is 8.52. The van der Waals surface area contributed by atoms with Crippen molar-refractivity contribution in [1.82, 2.24) is 9.97 Å². The standard InChI is InChI=1S/C25H25N3O5/c1-30-13-20-19-11-23(32-3)22(31-2)10-18(19)16(12-27-20)9-17-8-7-15-5-4-6-21(25(15)28-17)33-14-24(26)29/h4-8,10-12H,9,13-14H2,1-3H3,(H2,26,29). The van der Waals surface area contributed by atoms with E-state index in [1.165, 1.54) is 0 Å². The van der Waals surface area contributed by atoms with E-state index in [2.05, 4.69) is 4.98 Å². The lowest BCUT2D eigenvalue weighted by molar-refractivity contribution is -0.119. The Morgan fingerprint density at radius 1 is 0.970 bits per heavy atom. The Hall–Kier alpha value is -3.91. The van der Waals surface area contributed by atoms with Gasteiger partial charge in [-0.3, -0.25) is 9.78 Å². The number of ether oxygens (including phenoxy) is 4. The van der Waals surface area contributed by atoms with Gasteiger partial charge in [-0.05, 0) is 35.2 Å². The normalized spacial score (nSPS) is 11.0. The zero-order valence-electron chi connectivity index (χ0n) is 18.8.